The summed E-state index contributed by atoms with van der Waals surface area (Å²) in [7, 11) is 3.98. The van der Waals surface area contributed by atoms with Crippen molar-refractivity contribution < 1.29 is 4.79 Å². The number of piperazine rings is 1. The number of nitrogens with one attached hydrogen (secondary N) is 1. The molecule has 1 amide bonds. The van der Waals surface area contributed by atoms with Crippen molar-refractivity contribution in [2.75, 3.05) is 64.8 Å². The fourth-order valence-electron chi connectivity index (χ4n) is 3.31. The van der Waals surface area contributed by atoms with Gasteiger partial charge in [-0.25, -0.2) is 0 Å². The lowest BCUT2D eigenvalue weighted by atomic mass is 10.2. The number of aromatic nitrogens is 1. The summed E-state index contributed by atoms with van der Waals surface area (Å²) >= 11 is 0. The number of pyridine rings is 1. The van der Waals surface area contributed by atoms with Crippen LogP contribution in [0.4, 0.5) is 5.69 Å². The van der Waals surface area contributed by atoms with E-state index in [2.05, 4.69) is 56.5 Å². The molecule has 1 N–H and O–H groups in total. The van der Waals surface area contributed by atoms with E-state index in [1.165, 1.54) is 5.56 Å². The first-order chi connectivity index (χ1) is 14.1. The summed E-state index contributed by atoms with van der Waals surface area (Å²) in [6.45, 7) is 6.27. The van der Waals surface area contributed by atoms with Gasteiger partial charge in [-0.2, -0.15) is 0 Å². The van der Waals surface area contributed by atoms with Crippen LogP contribution in [-0.2, 0) is 0 Å². The highest BCUT2D eigenvalue weighted by Crippen LogP contribution is 2.17. The van der Waals surface area contributed by atoms with Gasteiger partial charge in [0.05, 0.1) is 17.4 Å². The highest BCUT2D eigenvalue weighted by Gasteiger charge is 2.17. The number of carbonyl (C=O) groups excluding carboxylic acids is 1. The third-order valence-corrected chi connectivity index (χ3v) is 5.04. The van der Waals surface area contributed by atoms with Crippen molar-refractivity contribution in [3.8, 4) is 0 Å². The molecule has 0 atom stereocenters. The van der Waals surface area contributed by atoms with Crippen LogP contribution < -0.4 is 10.2 Å². The van der Waals surface area contributed by atoms with E-state index >= 15 is 0 Å². The molecule has 154 valence electrons. The standard InChI is InChI=1S/C23H31N5O/c1-26(2)12-10-25-23(29)21-17-22(19-24-18-21)28-15-13-27(14-16-28)11-6-9-20-7-4-3-5-8-20/h3-9,17-19H,10-16H2,1-2H3,(H,25,29)/b9-6+. The van der Waals surface area contributed by atoms with E-state index < -0.39 is 0 Å². The van der Waals surface area contributed by atoms with Crippen LogP contribution in [0, 0.1) is 0 Å². The summed E-state index contributed by atoms with van der Waals surface area (Å²) < 4.78 is 0. The molecule has 6 heteroatoms. The van der Waals surface area contributed by atoms with Crippen molar-refractivity contribution in [3.63, 3.8) is 0 Å². The Kier molecular flexibility index (Phi) is 7.78. The lowest BCUT2D eigenvalue weighted by Gasteiger charge is -2.35. The molecule has 1 fully saturated rings. The van der Waals surface area contributed by atoms with Crippen LogP contribution in [0.3, 0.4) is 0 Å². The molecule has 1 saturated heterocycles. The van der Waals surface area contributed by atoms with Crippen molar-refractivity contribution in [1.29, 1.82) is 0 Å². The van der Waals surface area contributed by atoms with Crippen molar-refractivity contribution in [2.24, 2.45) is 0 Å². The third kappa shape index (κ3) is 6.69. The molecule has 6 nitrogen and oxygen atoms in total. The van der Waals surface area contributed by atoms with E-state index in [1.54, 1.807) is 6.20 Å². The Labute approximate surface area is 173 Å². The Hall–Kier alpha value is -2.70. The van der Waals surface area contributed by atoms with Crippen LogP contribution in [-0.4, -0.2) is 80.6 Å². The Bertz CT molecular complexity index is 798. The Balaban J connectivity index is 1.48. The predicted octanol–water partition coefficient (Wildman–Crippen LogP) is 2.21. The maximum absolute atomic E-state index is 12.3. The predicted molar refractivity (Wildman–Crippen MR) is 119 cm³/mol. The van der Waals surface area contributed by atoms with Crippen LogP contribution in [0.1, 0.15) is 15.9 Å². The topological polar surface area (TPSA) is 51.7 Å². The average Bonchev–Trinajstić information content (AvgIpc) is 2.75. The first-order valence-corrected chi connectivity index (χ1v) is 10.2. The number of amides is 1. The fourth-order valence-corrected chi connectivity index (χ4v) is 3.31. The lowest BCUT2D eigenvalue weighted by molar-refractivity contribution is 0.0950. The zero-order chi connectivity index (χ0) is 20.5. The highest BCUT2D eigenvalue weighted by molar-refractivity contribution is 5.94. The van der Waals surface area contributed by atoms with Crippen LogP contribution in [0.2, 0.25) is 0 Å². The number of benzene rings is 1. The van der Waals surface area contributed by atoms with Crippen LogP contribution in [0.5, 0.6) is 0 Å². The first kappa shape index (κ1) is 21.0. The van der Waals surface area contributed by atoms with Gasteiger partial charge in [0.2, 0.25) is 0 Å². The summed E-state index contributed by atoms with van der Waals surface area (Å²) in [5.74, 6) is -0.0640. The fraction of sp³-hybridized carbons (Fsp3) is 0.391. The van der Waals surface area contributed by atoms with Crippen molar-refractivity contribution in [2.45, 2.75) is 0 Å². The van der Waals surface area contributed by atoms with Gasteiger partial charge in [0.15, 0.2) is 0 Å². The summed E-state index contributed by atoms with van der Waals surface area (Å²) in [5, 5.41) is 2.95. The zero-order valence-electron chi connectivity index (χ0n) is 17.4. The summed E-state index contributed by atoms with van der Waals surface area (Å²) in [6, 6.07) is 12.3. The zero-order valence-corrected chi connectivity index (χ0v) is 17.4. The van der Waals surface area contributed by atoms with Gasteiger partial charge >= 0.3 is 0 Å². The second-order valence-corrected chi connectivity index (χ2v) is 7.59. The first-order valence-electron chi connectivity index (χ1n) is 10.2. The molecule has 0 bridgehead atoms. The molecule has 2 aromatic rings. The Morgan fingerprint density at radius 3 is 2.62 bits per heavy atom. The molecule has 1 aromatic heterocycles. The molecular weight excluding hydrogens is 362 g/mol. The van der Waals surface area contributed by atoms with E-state index in [0.29, 0.717) is 12.1 Å². The number of hydrogen-bond acceptors (Lipinski definition) is 5. The number of carbonyl (C=O) groups is 1. The molecule has 0 spiro atoms. The maximum Gasteiger partial charge on any atom is 0.252 e. The number of rotatable bonds is 8. The van der Waals surface area contributed by atoms with E-state index in [0.717, 1.165) is 45.0 Å². The SMILES string of the molecule is CN(C)CCNC(=O)c1cncc(N2CCN(C/C=C/c3ccccc3)CC2)c1. The summed E-state index contributed by atoms with van der Waals surface area (Å²) in [5.41, 5.74) is 2.87. The van der Waals surface area contributed by atoms with Gasteiger partial charge in [0.25, 0.3) is 5.91 Å². The minimum atomic E-state index is -0.0640. The second-order valence-electron chi connectivity index (χ2n) is 7.59. The number of nitrogens with zero attached hydrogens (tertiary/aromatic N) is 4. The van der Waals surface area contributed by atoms with Gasteiger partial charge in [-0.1, -0.05) is 42.5 Å². The molecule has 1 aromatic carbocycles. The molecule has 2 heterocycles. The summed E-state index contributed by atoms with van der Waals surface area (Å²) in [4.78, 5) is 23.4. The van der Waals surface area contributed by atoms with Crippen LogP contribution in [0.15, 0.2) is 54.9 Å². The van der Waals surface area contributed by atoms with Gasteiger partial charge in [0.1, 0.15) is 0 Å². The Morgan fingerprint density at radius 1 is 1.14 bits per heavy atom. The largest absolute Gasteiger partial charge is 0.368 e. The van der Waals surface area contributed by atoms with Gasteiger partial charge in [-0.3, -0.25) is 14.7 Å². The van der Waals surface area contributed by atoms with Gasteiger partial charge < -0.3 is 15.1 Å². The smallest absolute Gasteiger partial charge is 0.252 e. The van der Waals surface area contributed by atoms with Crippen LogP contribution in [0.25, 0.3) is 6.08 Å². The maximum atomic E-state index is 12.3. The molecule has 0 unspecified atom stereocenters. The number of hydrogen-bond donors (Lipinski definition) is 1. The highest BCUT2D eigenvalue weighted by atomic mass is 16.1. The third-order valence-electron chi connectivity index (χ3n) is 5.04. The average molecular weight is 394 g/mol. The van der Waals surface area contributed by atoms with Gasteiger partial charge in [0, 0.05) is 52.0 Å². The molecule has 29 heavy (non-hydrogen) atoms. The normalized spacial score (nSPS) is 15.2. The van der Waals surface area contributed by atoms with Crippen LogP contribution >= 0.6 is 0 Å². The van der Waals surface area contributed by atoms with E-state index in [4.69, 9.17) is 0 Å². The van der Waals surface area contributed by atoms with Gasteiger partial charge in [-0.15, -0.1) is 0 Å². The molecule has 1 aliphatic rings. The molecule has 0 saturated carbocycles. The molecule has 0 radical (unpaired) electrons. The minimum absolute atomic E-state index is 0.0640. The monoisotopic (exact) mass is 393 g/mol. The van der Waals surface area contributed by atoms with Gasteiger partial charge in [-0.05, 0) is 25.7 Å². The molecule has 0 aliphatic carbocycles. The lowest BCUT2D eigenvalue weighted by Crippen LogP contribution is -2.46. The quantitative estimate of drug-likeness (QED) is 0.745. The van der Waals surface area contributed by atoms with Crippen molar-refractivity contribution in [3.05, 3.63) is 66.0 Å². The minimum Gasteiger partial charge on any atom is -0.368 e. The molecular formula is C23H31N5O. The van der Waals surface area contributed by atoms with E-state index in [9.17, 15) is 4.79 Å². The number of likely N-dealkylation sites (N-methyl/N-ethyl adjacent to an activating group) is 1. The number of anilines is 1. The second kappa shape index (κ2) is 10.7. The summed E-state index contributed by atoms with van der Waals surface area (Å²) in [6.07, 6.45) is 7.89. The van der Waals surface area contributed by atoms with Crippen molar-refractivity contribution in [1.82, 2.24) is 20.1 Å². The van der Waals surface area contributed by atoms with Crippen molar-refractivity contribution >= 4 is 17.7 Å². The van der Waals surface area contributed by atoms with E-state index in [-0.39, 0.29) is 5.91 Å². The Morgan fingerprint density at radius 2 is 1.90 bits per heavy atom. The van der Waals surface area contributed by atoms with E-state index in [1.807, 2.05) is 37.3 Å². The molecule has 3 rings (SSSR count). The molecule has 1 aliphatic heterocycles.